The Kier molecular flexibility index (Phi) is 3.45. The van der Waals surface area contributed by atoms with Crippen molar-refractivity contribution in [3.05, 3.63) is 29.6 Å². The summed E-state index contributed by atoms with van der Waals surface area (Å²) in [6.45, 7) is 8.76. The molecular formula is C12H19N3. The minimum atomic E-state index is -0.0668. The summed E-state index contributed by atoms with van der Waals surface area (Å²) >= 11 is 0. The molecule has 0 amide bonds. The maximum absolute atomic E-state index is 5.87. The Labute approximate surface area is 91.4 Å². The average Bonchev–Trinajstić information content (AvgIpc) is 2.14. The number of hydrogen-bond donors (Lipinski definition) is 1. The summed E-state index contributed by atoms with van der Waals surface area (Å²) in [4.78, 5) is 8.63. The van der Waals surface area contributed by atoms with Crippen molar-refractivity contribution in [1.82, 2.24) is 4.98 Å². The molecule has 0 spiro atoms. The highest BCUT2D eigenvalue weighted by Crippen LogP contribution is 2.13. The first-order chi connectivity index (χ1) is 6.91. The van der Waals surface area contributed by atoms with Gasteiger partial charge in [0.2, 0.25) is 0 Å². The van der Waals surface area contributed by atoms with E-state index in [9.17, 15) is 0 Å². The van der Waals surface area contributed by atoms with Crippen molar-refractivity contribution in [2.45, 2.75) is 34.2 Å². The lowest BCUT2D eigenvalue weighted by atomic mass is 9.95. The molecule has 0 radical (unpaired) electrons. The van der Waals surface area contributed by atoms with E-state index >= 15 is 0 Å². The van der Waals surface area contributed by atoms with Crippen LogP contribution in [-0.4, -0.2) is 10.8 Å². The highest BCUT2D eigenvalue weighted by molar-refractivity contribution is 5.85. The van der Waals surface area contributed by atoms with Crippen molar-refractivity contribution in [2.24, 2.45) is 16.1 Å². The number of amidine groups is 1. The molecule has 0 saturated carbocycles. The summed E-state index contributed by atoms with van der Waals surface area (Å²) in [6, 6.07) is 3.96. The van der Waals surface area contributed by atoms with Crippen molar-refractivity contribution in [1.29, 1.82) is 0 Å². The van der Waals surface area contributed by atoms with E-state index in [1.807, 2.05) is 19.1 Å². The molecule has 2 N–H and O–H groups in total. The van der Waals surface area contributed by atoms with Crippen molar-refractivity contribution in [2.75, 3.05) is 0 Å². The van der Waals surface area contributed by atoms with Crippen molar-refractivity contribution < 1.29 is 0 Å². The Hall–Kier alpha value is -1.38. The molecule has 15 heavy (non-hydrogen) atoms. The van der Waals surface area contributed by atoms with Crippen LogP contribution in [0.25, 0.3) is 0 Å². The van der Waals surface area contributed by atoms with Crippen molar-refractivity contribution in [3.63, 3.8) is 0 Å². The Morgan fingerprint density at radius 3 is 2.67 bits per heavy atom. The van der Waals surface area contributed by atoms with Crippen LogP contribution in [0.2, 0.25) is 0 Å². The van der Waals surface area contributed by atoms with Gasteiger partial charge in [-0.25, -0.2) is 0 Å². The fourth-order valence-electron chi connectivity index (χ4n) is 1.08. The number of rotatable bonds is 2. The Morgan fingerprint density at radius 1 is 1.47 bits per heavy atom. The molecule has 0 aliphatic heterocycles. The zero-order chi connectivity index (χ0) is 11.5. The van der Waals surface area contributed by atoms with Gasteiger partial charge >= 0.3 is 0 Å². The maximum Gasteiger partial charge on any atom is 0.0996 e. The second-order valence-corrected chi connectivity index (χ2v) is 4.72. The van der Waals surface area contributed by atoms with Gasteiger partial charge in [0.25, 0.3) is 0 Å². The molecule has 82 valence electrons. The van der Waals surface area contributed by atoms with Crippen LogP contribution in [0.3, 0.4) is 0 Å². The van der Waals surface area contributed by atoms with Crippen LogP contribution < -0.4 is 5.73 Å². The Morgan fingerprint density at radius 2 is 2.13 bits per heavy atom. The van der Waals surface area contributed by atoms with E-state index in [0.717, 1.165) is 11.3 Å². The lowest BCUT2D eigenvalue weighted by molar-refractivity contribution is 0.581. The van der Waals surface area contributed by atoms with Crippen molar-refractivity contribution in [3.8, 4) is 0 Å². The Balaban J connectivity index is 2.77. The van der Waals surface area contributed by atoms with E-state index in [-0.39, 0.29) is 5.41 Å². The van der Waals surface area contributed by atoms with E-state index in [1.165, 1.54) is 0 Å². The fraction of sp³-hybridized carbons (Fsp3) is 0.500. The molecule has 0 atom stereocenters. The van der Waals surface area contributed by atoms with E-state index in [2.05, 4.69) is 30.7 Å². The van der Waals surface area contributed by atoms with Gasteiger partial charge < -0.3 is 5.73 Å². The standard InChI is InChI=1S/C12H19N3/c1-9-6-5-7-14-10(9)8-15-11(13)12(2,3)4/h5-7H,8H2,1-4H3,(H2,13,15). The minimum absolute atomic E-state index is 0.0668. The quantitative estimate of drug-likeness (QED) is 0.595. The second kappa shape index (κ2) is 4.43. The number of aromatic nitrogens is 1. The largest absolute Gasteiger partial charge is 0.387 e. The number of nitrogens with two attached hydrogens (primary N) is 1. The molecule has 0 saturated heterocycles. The summed E-state index contributed by atoms with van der Waals surface area (Å²) in [5, 5.41) is 0. The topological polar surface area (TPSA) is 51.3 Å². The van der Waals surface area contributed by atoms with Gasteiger partial charge in [-0.3, -0.25) is 9.98 Å². The van der Waals surface area contributed by atoms with Crippen LogP contribution in [0.4, 0.5) is 0 Å². The van der Waals surface area contributed by atoms with Crippen LogP contribution >= 0.6 is 0 Å². The molecule has 1 rings (SSSR count). The third-order valence-electron chi connectivity index (χ3n) is 2.29. The van der Waals surface area contributed by atoms with Crippen LogP contribution in [-0.2, 0) is 6.54 Å². The minimum Gasteiger partial charge on any atom is -0.387 e. The second-order valence-electron chi connectivity index (χ2n) is 4.72. The third kappa shape index (κ3) is 3.35. The normalized spacial score (nSPS) is 12.9. The first kappa shape index (κ1) is 11.7. The van der Waals surface area contributed by atoms with E-state index < -0.39 is 0 Å². The van der Waals surface area contributed by atoms with Gasteiger partial charge in [0.05, 0.1) is 18.1 Å². The SMILES string of the molecule is Cc1cccnc1CN=C(N)C(C)(C)C. The van der Waals surface area contributed by atoms with Gasteiger partial charge in [0.15, 0.2) is 0 Å². The molecule has 1 heterocycles. The van der Waals surface area contributed by atoms with Crippen LogP contribution in [0.15, 0.2) is 23.3 Å². The van der Waals surface area contributed by atoms with Crippen molar-refractivity contribution >= 4 is 5.84 Å². The maximum atomic E-state index is 5.87. The summed E-state index contributed by atoms with van der Waals surface area (Å²) in [6.07, 6.45) is 1.78. The lowest BCUT2D eigenvalue weighted by Crippen LogP contribution is -2.29. The molecule has 3 nitrogen and oxygen atoms in total. The van der Waals surface area contributed by atoms with Gasteiger partial charge in [-0.2, -0.15) is 0 Å². The number of pyridine rings is 1. The average molecular weight is 205 g/mol. The smallest absolute Gasteiger partial charge is 0.0996 e. The zero-order valence-corrected chi connectivity index (χ0v) is 9.91. The highest BCUT2D eigenvalue weighted by Gasteiger charge is 2.14. The molecule has 0 aromatic carbocycles. The van der Waals surface area contributed by atoms with Gasteiger partial charge in [-0.15, -0.1) is 0 Å². The van der Waals surface area contributed by atoms with E-state index in [1.54, 1.807) is 6.20 Å². The molecular weight excluding hydrogens is 186 g/mol. The van der Waals surface area contributed by atoms with Gasteiger partial charge in [-0.1, -0.05) is 26.8 Å². The summed E-state index contributed by atoms with van der Waals surface area (Å²) in [5.41, 5.74) is 7.95. The summed E-state index contributed by atoms with van der Waals surface area (Å²) in [5.74, 6) is 0.674. The molecule has 3 heteroatoms. The monoisotopic (exact) mass is 205 g/mol. The first-order valence-electron chi connectivity index (χ1n) is 5.12. The summed E-state index contributed by atoms with van der Waals surface area (Å²) < 4.78 is 0. The molecule has 0 aliphatic carbocycles. The number of aliphatic imine (C=N–C) groups is 1. The van der Waals surface area contributed by atoms with Crippen LogP contribution in [0.5, 0.6) is 0 Å². The molecule has 1 aromatic rings. The fourth-order valence-corrected chi connectivity index (χ4v) is 1.08. The van der Waals surface area contributed by atoms with E-state index in [4.69, 9.17) is 5.73 Å². The van der Waals surface area contributed by atoms with Crippen LogP contribution in [0, 0.1) is 12.3 Å². The Bertz CT molecular complexity index is 361. The third-order valence-corrected chi connectivity index (χ3v) is 2.29. The lowest BCUT2D eigenvalue weighted by Gasteiger charge is -2.17. The summed E-state index contributed by atoms with van der Waals surface area (Å²) in [7, 11) is 0. The highest BCUT2D eigenvalue weighted by atomic mass is 14.9. The predicted molar refractivity (Wildman–Crippen MR) is 63.8 cm³/mol. The molecule has 0 aliphatic rings. The number of hydrogen-bond acceptors (Lipinski definition) is 2. The van der Waals surface area contributed by atoms with Gasteiger partial charge in [0, 0.05) is 11.6 Å². The molecule has 0 fully saturated rings. The van der Waals surface area contributed by atoms with E-state index in [0.29, 0.717) is 12.4 Å². The van der Waals surface area contributed by atoms with Gasteiger partial charge in [0.1, 0.15) is 0 Å². The van der Waals surface area contributed by atoms with Gasteiger partial charge in [-0.05, 0) is 18.6 Å². The molecule has 1 aromatic heterocycles. The van der Waals surface area contributed by atoms with Crippen LogP contribution in [0.1, 0.15) is 32.0 Å². The number of nitrogens with zero attached hydrogens (tertiary/aromatic N) is 2. The molecule has 0 bridgehead atoms. The number of aryl methyl sites for hydroxylation is 1. The zero-order valence-electron chi connectivity index (χ0n) is 9.91. The first-order valence-corrected chi connectivity index (χ1v) is 5.12. The molecule has 0 unspecified atom stereocenters. The predicted octanol–water partition coefficient (Wildman–Crippen LogP) is 2.29.